The van der Waals surface area contributed by atoms with E-state index < -0.39 is 0 Å². The van der Waals surface area contributed by atoms with E-state index in [2.05, 4.69) is 27.0 Å². The summed E-state index contributed by atoms with van der Waals surface area (Å²) in [5.41, 5.74) is 2.45. The Morgan fingerprint density at radius 1 is 1.08 bits per heavy atom. The number of para-hydroxylation sites is 1. The standard InChI is InChI=1S/C29H24Cl2FN3O2S/c30-19-14-33-15-20(31)24(19)25-18(27(37-35-25)17-4-5-17)16-36-29-11-8-28(9-12-29,10-13-29)7-6-23-34-26-21(32)2-1-3-22(26)38-23/h1-3,14-15,17H,4-5,8-13,16H2. The van der Waals surface area contributed by atoms with Gasteiger partial charge < -0.3 is 9.26 Å². The molecule has 0 amide bonds. The summed E-state index contributed by atoms with van der Waals surface area (Å²) in [6.07, 6.45) is 11.1. The number of ether oxygens (including phenoxy) is 1. The van der Waals surface area contributed by atoms with Gasteiger partial charge in [0.15, 0.2) is 5.01 Å². The third-order valence-corrected chi connectivity index (χ3v) is 9.87. The van der Waals surface area contributed by atoms with Gasteiger partial charge in [-0.05, 0) is 69.4 Å². The van der Waals surface area contributed by atoms with Crippen LogP contribution in [-0.2, 0) is 11.3 Å². The Labute approximate surface area is 233 Å². The molecule has 5 nitrogen and oxygen atoms in total. The fourth-order valence-electron chi connectivity index (χ4n) is 5.90. The second-order valence-corrected chi connectivity index (χ2v) is 12.6. The van der Waals surface area contributed by atoms with Gasteiger partial charge in [0.05, 0.1) is 27.0 Å². The zero-order valence-electron chi connectivity index (χ0n) is 20.5. The molecular formula is C29H24Cl2FN3O2S. The number of fused-ring (bicyclic) bond motifs is 4. The average molecular weight is 569 g/mol. The van der Waals surface area contributed by atoms with Crippen LogP contribution >= 0.6 is 34.5 Å². The molecule has 0 N–H and O–H groups in total. The van der Waals surface area contributed by atoms with Crippen molar-refractivity contribution in [1.29, 1.82) is 0 Å². The molecule has 0 spiro atoms. The van der Waals surface area contributed by atoms with Crippen LogP contribution in [0.3, 0.4) is 0 Å². The van der Waals surface area contributed by atoms with Gasteiger partial charge >= 0.3 is 0 Å². The molecule has 1 aromatic carbocycles. The molecule has 38 heavy (non-hydrogen) atoms. The Hall–Kier alpha value is -2.50. The number of aromatic nitrogens is 3. The maximum Gasteiger partial charge on any atom is 0.168 e. The fraction of sp³-hybridized carbons (Fsp3) is 0.414. The maximum absolute atomic E-state index is 14.0. The topological polar surface area (TPSA) is 61.0 Å². The van der Waals surface area contributed by atoms with Crippen molar-refractivity contribution < 1.29 is 13.7 Å². The Kier molecular flexibility index (Phi) is 6.01. The van der Waals surface area contributed by atoms with E-state index in [9.17, 15) is 4.39 Å². The first-order valence-electron chi connectivity index (χ1n) is 12.9. The van der Waals surface area contributed by atoms with Gasteiger partial charge in [-0.3, -0.25) is 4.98 Å². The number of pyridine rings is 1. The molecule has 9 heteroatoms. The highest BCUT2D eigenvalue weighted by Crippen LogP contribution is 2.54. The molecule has 4 aromatic rings. The number of thiazole rings is 1. The monoisotopic (exact) mass is 567 g/mol. The molecule has 8 rings (SSSR count). The lowest BCUT2D eigenvalue weighted by atomic mass is 9.59. The second-order valence-electron chi connectivity index (χ2n) is 10.7. The molecule has 0 unspecified atom stereocenters. The molecule has 0 saturated heterocycles. The van der Waals surface area contributed by atoms with Crippen molar-refractivity contribution in [3.63, 3.8) is 0 Å². The van der Waals surface area contributed by atoms with Crippen molar-refractivity contribution >= 4 is 44.8 Å². The van der Waals surface area contributed by atoms with Crippen molar-refractivity contribution in [1.82, 2.24) is 15.1 Å². The van der Waals surface area contributed by atoms with Gasteiger partial charge in [0.2, 0.25) is 0 Å². The lowest BCUT2D eigenvalue weighted by Crippen LogP contribution is -2.47. The molecule has 2 bridgehead atoms. The van der Waals surface area contributed by atoms with Crippen LogP contribution in [-0.4, -0.2) is 20.7 Å². The van der Waals surface area contributed by atoms with Crippen molar-refractivity contribution in [2.75, 3.05) is 0 Å². The van der Waals surface area contributed by atoms with Crippen LogP contribution in [0.1, 0.15) is 73.6 Å². The third kappa shape index (κ3) is 4.32. The van der Waals surface area contributed by atoms with Gasteiger partial charge in [0.1, 0.15) is 22.8 Å². The SMILES string of the molecule is Fc1cccc2sc(C#CC34CCC(OCc5c(-c6c(Cl)cncc6Cl)noc5C5CC5)(CC3)CC4)nc12. The summed E-state index contributed by atoms with van der Waals surface area (Å²) in [5.74, 6) is 7.79. The lowest BCUT2D eigenvalue weighted by molar-refractivity contribution is -0.131. The lowest BCUT2D eigenvalue weighted by Gasteiger charge is -2.51. The molecule has 4 aliphatic carbocycles. The highest BCUT2D eigenvalue weighted by molar-refractivity contribution is 7.19. The number of benzene rings is 1. The molecule has 3 heterocycles. The molecular weight excluding hydrogens is 544 g/mol. The number of hydrogen-bond acceptors (Lipinski definition) is 6. The number of rotatable bonds is 5. The van der Waals surface area contributed by atoms with E-state index in [0.29, 0.717) is 44.4 Å². The highest BCUT2D eigenvalue weighted by atomic mass is 35.5. The van der Waals surface area contributed by atoms with Gasteiger partial charge in [-0.1, -0.05) is 40.3 Å². The largest absolute Gasteiger partial charge is 0.370 e. The van der Waals surface area contributed by atoms with Crippen molar-refractivity contribution in [3.8, 4) is 23.1 Å². The minimum Gasteiger partial charge on any atom is -0.370 e. The maximum atomic E-state index is 14.0. The molecule has 4 aliphatic rings. The van der Waals surface area contributed by atoms with Crippen LogP contribution < -0.4 is 0 Å². The zero-order valence-corrected chi connectivity index (χ0v) is 22.9. The molecule has 0 atom stereocenters. The summed E-state index contributed by atoms with van der Waals surface area (Å²) in [4.78, 5) is 8.50. The van der Waals surface area contributed by atoms with Crippen LogP contribution in [0, 0.1) is 23.1 Å². The minimum atomic E-state index is -0.295. The van der Waals surface area contributed by atoms with Gasteiger partial charge in [-0.2, -0.15) is 0 Å². The van der Waals surface area contributed by atoms with Crippen molar-refractivity contribution in [3.05, 3.63) is 62.8 Å². The van der Waals surface area contributed by atoms with E-state index in [1.54, 1.807) is 18.5 Å². The Bertz CT molecular complexity index is 1570. The van der Waals surface area contributed by atoms with Crippen molar-refractivity contribution in [2.45, 2.75) is 69.5 Å². The first-order chi connectivity index (χ1) is 18.4. The van der Waals surface area contributed by atoms with Crippen molar-refractivity contribution in [2.24, 2.45) is 5.41 Å². The van der Waals surface area contributed by atoms with E-state index >= 15 is 0 Å². The smallest absolute Gasteiger partial charge is 0.168 e. The van der Waals surface area contributed by atoms with Crippen LogP contribution in [0.2, 0.25) is 10.0 Å². The first-order valence-corrected chi connectivity index (χ1v) is 14.5. The Morgan fingerprint density at radius 3 is 2.50 bits per heavy atom. The number of halogens is 3. The Balaban J connectivity index is 1.09. The zero-order chi connectivity index (χ0) is 25.9. The second kappa shape index (κ2) is 9.31. The normalized spacial score (nSPS) is 24.5. The van der Waals surface area contributed by atoms with Gasteiger partial charge in [-0.25, -0.2) is 9.37 Å². The number of nitrogens with zero attached hydrogens (tertiary/aromatic N) is 3. The van der Waals surface area contributed by atoms with Crippen LogP contribution in [0.15, 0.2) is 35.1 Å². The first kappa shape index (κ1) is 24.5. The summed E-state index contributed by atoms with van der Waals surface area (Å²) < 4.78 is 27.4. The Morgan fingerprint density at radius 2 is 1.82 bits per heavy atom. The average Bonchev–Trinajstić information content (AvgIpc) is 3.54. The predicted octanol–water partition coefficient (Wildman–Crippen LogP) is 8.33. The predicted molar refractivity (Wildman–Crippen MR) is 146 cm³/mol. The molecule has 194 valence electrons. The number of hydrogen-bond donors (Lipinski definition) is 0. The molecule has 0 radical (unpaired) electrons. The van der Waals surface area contributed by atoms with Crippen LogP contribution in [0.25, 0.3) is 21.5 Å². The van der Waals surface area contributed by atoms with E-state index in [0.717, 1.165) is 67.4 Å². The summed E-state index contributed by atoms with van der Waals surface area (Å²) in [6.45, 7) is 0.412. The van der Waals surface area contributed by atoms with E-state index in [1.165, 1.54) is 17.4 Å². The van der Waals surface area contributed by atoms with Crippen LogP contribution in [0.4, 0.5) is 4.39 Å². The summed E-state index contributed by atoms with van der Waals surface area (Å²) in [6, 6.07) is 5.04. The summed E-state index contributed by atoms with van der Waals surface area (Å²) in [7, 11) is 0. The molecule has 0 aliphatic heterocycles. The molecule has 4 saturated carbocycles. The molecule has 3 aromatic heterocycles. The summed E-state index contributed by atoms with van der Waals surface area (Å²) in [5, 5.41) is 5.95. The summed E-state index contributed by atoms with van der Waals surface area (Å²) >= 11 is 14.4. The van der Waals surface area contributed by atoms with Gasteiger partial charge in [-0.15, -0.1) is 11.3 Å². The van der Waals surface area contributed by atoms with E-state index in [1.807, 2.05) is 6.07 Å². The fourth-order valence-corrected chi connectivity index (χ4v) is 7.27. The van der Waals surface area contributed by atoms with Gasteiger partial charge in [0, 0.05) is 34.9 Å². The highest BCUT2D eigenvalue weighted by Gasteiger charge is 2.49. The minimum absolute atomic E-state index is 0.0267. The van der Waals surface area contributed by atoms with E-state index in [4.69, 9.17) is 32.5 Å². The van der Waals surface area contributed by atoms with Crippen LogP contribution in [0.5, 0.6) is 0 Å². The third-order valence-electron chi connectivity index (χ3n) is 8.36. The quantitative estimate of drug-likeness (QED) is 0.227. The van der Waals surface area contributed by atoms with Gasteiger partial charge in [0.25, 0.3) is 0 Å². The van der Waals surface area contributed by atoms with E-state index in [-0.39, 0.29) is 16.8 Å². The molecule has 4 fully saturated rings.